The summed E-state index contributed by atoms with van der Waals surface area (Å²) in [7, 11) is 2.03. The van der Waals surface area contributed by atoms with Crippen LogP contribution in [0.5, 0.6) is 0 Å². The number of nitrogen functional groups attached to an aromatic ring is 1. The van der Waals surface area contributed by atoms with Gasteiger partial charge in [-0.05, 0) is 32.4 Å². The van der Waals surface area contributed by atoms with Crippen LogP contribution in [0, 0.1) is 5.92 Å². The van der Waals surface area contributed by atoms with Crippen LogP contribution in [0.4, 0.5) is 10.6 Å². The number of carbonyl (C=O) groups excluding carboxylic acids is 1. The zero-order valence-corrected chi connectivity index (χ0v) is 22.1. The van der Waals surface area contributed by atoms with Gasteiger partial charge in [0.15, 0.2) is 23.5 Å². The van der Waals surface area contributed by atoms with Crippen LogP contribution >= 0.6 is 0 Å². The van der Waals surface area contributed by atoms with Crippen LogP contribution in [0.2, 0.25) is 0 Å². The van der Waals surface area contributed by atoms with E-state index in [2.05, 4.69) is 32.1 Å². The molecule has 2 saturated heterocycles. The molecule has 3 aromatic rings. The molecule has 2 fully saturated rings. The number of aromatic nitrogens is 4. The van der Waals surface area contributed by atoms with Crippen molar-refractivity contribution in [2.75, 3.05) is 32.4 Å². The van der Waals surface area contributed by atoms with E-state index < -0.39 is 18.1 Å². The van der Waals surface area contributed by atoms with Gasteiger partial charge in [-0.3, -0.25) is 4.57 Å². The van der Waals surface area contributed by atoms with E-state index in [0.29, 0.717) is 30.1 Å². The molecule has 2 unspecified atom stereocenters. The number of hydrogen-bond donors (Lipinski definition) is 2. The average molecular weight is 526 g/mol. The third kappa shape index (κ3) is 5.73. The van der Waals surface area contributed by atoms with E-state index in [9.17, 15) is 4.79 Å². The average Bonchev–Trinajstić information content (AvgIpc) is 3.54. The van der Waals surface area contributed by atoms with Gasteiger partial charge in [-0.1, -0.05) is 37.3 Å². The molecule has 5 rings (SSSR count). The molecular formula is C26H35N7O5. The number of rotatable bonds is 9. The van der Waals surface area contributed by atoms with Gasteiger partial charge in [0.25, 0.3) is 0 Å². The number of hydrogen-bond acceptors (Lipinski definition) is 10. The Morgan fingerprint density at radius 3 is 2.76 bits per heavy atom. The van der Waals surface area contributed by atoms with Crippen molar-refractivity contribution in [3.8, 4) is 0 Å². The maximum Gasteiger partial charge on any atom is 0.407 e. The third-order valence-electron chi connectivity index (χ3n) is 6.71. The summed E-state index contributed by atoms with van der Waals surface area (Å²) in [4.78, 5) is 27.1. The van der Waals surface area contributed by atoms with Crippen molar-refractivity contribution in [1.82, 2.24) is 29.7 Å². The molecule has 12 nitrogen and oxygen atoms in total. The van der Waals surface area contributed by atoms with Crippen molar-refractivity contribution in [2.24, 2.45) is 5.92 Å². The number of fused-ring (bicyclic) bond motifs is 2. The van der Waals surface area contributed by atoms with Crippen molar-refractivity contribution in [2.45, 2.75) is 57.7 Å². The topological polar surface area (TPSA) is 139 Å². The maximum atomic E-state index is 12.1. The highest BCUT2D eigenvalue weighted by Gasteiger charge is 2.56. The Labute approximate surface area is 221 Å². The van der Waals surface area contributed by atoms with Gasteiger partial charge in [0.2, 0.25) is 0 Å². The smallest absolute Gasteiger partial charge is 0.407 e. The summed E-state index contributed by atoms with van der Waals surface area (Å²) < 4.78 is 26.1. The number of nitrogens with two attached hydrogens (primary N) is 1. The predicted molar refractivity (Wildman–Crippen MR) is 139 cm³/mol. The van der Waals surface area contributed by atoms with Crippen LogP contribution in [-0.4, -0.2) is 81.3 Å². The number of amides is 1. The summed E-state index contributed by atoms with van der Waals surface area (Å²) in [6.45, 7) is 7.97. The molecule has 0 aliphatic carbocycles. The molecule has 0 saturated carbocycles. The molecule has 12 heteroatoms. The molecule has 0 spiro atoms. The first-order valence-electron chi connectivity index (χ1n) is 12.8. The number of nitrogens with one attached hydrogen (secondary N) is 1. The number of benzene rings is 1. The number of likely N-dealkylation sites (N-methyl/N-ethyl adjacent to an activating group) is 1. The first-order valence-corrected chi connectivity index (χ1v) is 12.8. The number of anilines is 1. The highest BCUT2D eigenvalue weighted by Crippen LogP contribution is 2.44. The van der Waals surface area contributed by atoms with E-state index in [1.165, 1.54) is 6.33 Å². The van der Waals surface area contributed by atoms with E-state index >= 15 is 0 Å². The molecule has 3 N–H and O–H groups in total. The van der Waals surface area contributed by atoms with Gasteiger partial charge >= 0.3 is 6.09 Å². The van der Waals surface area contributed by atoms with Crippen molar-refractivity contribution in [3.63, 3.8) is 0 Å². The van der Waals surface area contributed by atoms with Gasteiger partial charge in [-0.25, -0.2) is 19.7 Å². The summed E-state index contributed by atoms with van der Waals surface area (Å²) in [5.41, 5.74) is 8.04. The van der Waals surface area contributed by atoms with Crippen LogP contribution < -0.4 is 11.1 Å². The molecule has 38 heavy (non-hydrogen) atoms. The molecule has 204 valence electrons. The Kier molecular flexibility index (Phi) is 7.48. The lowest BCUT2D eigenvalue weighted by molar-refractivity contribution is -0.197. The van der Waals surface area contributed by atoms with Gasteiger partial charge < -0.3 is 34.9 Å². The molecule has 2 aliphatic rings. The molecule has 0 bridgehead atoms. The summed E-state index contributed by atoms with van der Waals surface area (Å²) in [5.74, 6) is -0.239. The Balaban J connectivity index is 1.16. The fraction of sp³-hybridized carbons (Fsp3) is 0.538. The standard InChI is InChI=1S/C26H35N7O5/c1-16(10-28-25(34)35-13-17-8-6-5-7-9-17)11-32(4)12-18-20-21(38-26(2,3)37-20)24(36-18)33-15-31-19-22(27)29-14-30-23(19)33/h5-9,14-16,18,20-21,24H,10-13H2,1-4H3,(H,28,34)(H2,27,29,30)/t16?,18-,20-,21-,24?/m1/s1. The van der Waals surface area contributed by atoms with E-state index in [4.69, 9.17) is 24.7 Å². The molecule has 5 atom stereocenters. The van der Waals surface area contributed by atoms with Gasteiger partial charge in [-0.2, -0.15) is 0 Å². The lowest BCUT2D eigenvalue weighted by Gasteiger charge is -2.28. The van der Waals surface area contributed by atoms with E-state index in [-0.39, 0.29) is 30.8 Å². The first-order chi connectivity index (χ1) is 18.2. The summed E-state index contributed by atoms with van der Waals surface area (Å²) in [6.07, 6.45) is 1.32. The van der Waals surface area contributed by atoms with Crippen molar-refractivity contribution in [1.29, 1.82) is 0 Å². The zero-order chi connectivity index (χ0) is 26.9. The second kappa shape index (κ2) is 10.8. The SMILES string of the molecule is CC(CNC(=O)OCc1ccccc1)CN(C)C[C@H]1OC(n2cnc3c(N)ncnc32)[C@@H]2OC(C)(C)O[C@H]12. The summed E-state index contributed by atoms with van der Waals surface area (Å²) in [5, 5.41) is 2.85. The first kappa shape index (κ1) is 26.3. The van der Waals surface area contributed by atoms with Gasteiger partial charge in [0, 0.05) is 19.6 Å². The summed E-state index contributed by atoms with van der Waals surface area (Å²) >= 11 is 0. The van der Waals surface area contributed by atoms with E-state index in [1.807, 2.05) is 55.8 Å². The second-order valence-corrected chi connectivity index (χ2v) is 10.5. The van der Waals surface area contributed by atoms with Crippen molar-refractivity contribution in [3.05, 3.63) is 48.5 Å². The number of ether oxygens (including phenoxy) is 4. The fourth-order valence-corrected chi connectivity index (χ4v) is 5.10. The van der Waals surface area contributed by atoms with Crippen LogP contribution in [-0.2, 0) is 25.6 Å². The molecule has 0 radical (unpaired) electrons. The highest BCUT2D eigenvalue weighted by molar-refractivity contribution is 5.81. The number of imidazole rings is 1. The minimum atomic E-state index is -0.740. The molecular weight excluding hydrogens is 490 g/mol. The van der Waals surface area contributed by atoms with Gasteiger partial charge in [-0.15, -0.1) is 0 Å². The number of carbonyl (C=O) groups is 1. The summed E-state index contributed by atoms with van der Waals surface area (Å²) in [6, 6.07) is 9.60. The maximum absolute atomic E-state index is 12.1. The Morgan fingerprint density at radius 2 is 1.97 bits per heavy atom. The Bertz CT molecular complexity index is 1250. The monoisotopic (exact) mass is 525 g/mol. The minimum absolute atomic E-state index is 0.187. The van der Waals surface area contributed by atoms with Gasteiger partial charge in [0.05, 0.1) is 6.33 Å². The normalized spacial score (nSPS) is 25.0. The van der Waals surface area contributed by atoms with Crippen LogP contribution in [0.15, 0.2) is 43.0 Å². The Hall–Kier alpha value is -3.32. The quantitative estimate of drug-likeness (QED) is 0.428. The van der Waals surface area contributed by atoms with Crippen LogP contribution in [0.1, 0.15) is 32.6 Å². The third-order valence-corrected chi connectivity index (χ3v) is 6.71. The van der Waals surface area contributed by atoms with Crippen molar-refractivity contribution < 1.29 is 23.7 Å². The fourth-order valence-electron chi connectivity index (χ4n) is 5.10. The van der Waals surface area contributed by atoms with E-state index in [0.717, 1.165) is 12.1 Å². The Morgan fingerprint density at radius 1 is 1.21 bits per heavy atom. The largest absolute Gasteiger partial charge is 0.445 e. The van der Waals surface area contributed by atoms with Crippen LogP contribution in [0.3, 0.4) is 0 Å². The number of alkyl carbamates (subject to hydrolysis) is 1. The lowest BCUT2D eigenvalue weighted by Crippen LogP contribution is -2.41. The molecule has 2 aliphatic heterocycles. The molecule has 1 aromatic carbocycles. The molecule has 2 aromatic heterocycles. The molecule has 1 amide bonds. The number of nitrogens with zero attached hydrogens (tertiary/aromatic N) is 5. The zero-order valence-electron chi connectivity index (χ0n) is 22.1. The van der Waals surface area contributed by atoms with E-state index in [1.54, 1.807) is 6.33 Å². The van der Waals surface area contributed by atoms with Crippen molar-refractivity contribution >= 4 is 23.1 Å². The minimum Gasteiger partial charge on any atom is -0.445 e. The second-order valence-electron chi connectivity index (χ2n) is 10.5. The predicted octanol–water partition coefficient (Wildman–Crippen LogP) is 2.32. The van der Waals surface area contributed by atoms with Gasteiger partial charge in [0.1, 0.15) is 36.8 Å². The molecule has 4 heterocycles. The highest BCUT2D eigenvalue weighted by atomic mass is 16.8. The van der Waals surface area contributed by atoms with Crippen LogP contribution in [0.25, 0.3) is 11.2 Å². The lowest BCUT2D eigenvalue weighted by atomic mass is 10.1.